The standard InChI is InChI=1S/C15H22N2O2S2/c1-4-19-13(18)10-5-6-11-12(10)16-14(21-11)17-7-8-20-15(2,3)9-17/h10H,4-9H2,1-3H3. The third kappa shape index (κ3) is 3.06. The molecule has 3 rings (SSSR count). The fourth-order valence-electron chi connectivity index (χ4n) is 3.00. The van der Waals surface area contributed by atoms with Crippen LogP contribution in [0.5, 0.6) is 0 Å². The van der Waals surface area contributed by atoms with Crippen LogP contribution in [0.4, 0.5) is 5.13 Å². The van der Waals surface area contributed by atoms with Gasteiger partial charge in [-0.2, -0.15) is 11.8 Å². The van der Waals surface area contributed by atoms with E-state index in [9.17, 15) is 4.79 Å². The molecule has 0 radical (unpaired) electrons. The van der Waals surface area contributed by atoms with Gasteiger partial charge >= 0.3 is 5.97 Å². The maximum Gasteiger partial charge on any atom is 0.315 e. The zero-order valence-corrected chi connectivity index (χ0v) is 14.5. The van der Waals surface area contributed by atoms with Gasteiger partial charge in [-0.3, -0.25) is 4.79 Å². The summed E-state index contributed by atoms with van der Waals surface area (Å²) in [7, 11) is 0. The Kier molecular flexibility index (Phi) is 4.19. The molecule has 2 aliphatic rings. The number of carbonyl (C=O) groups is 1. The van der Waals surface area contributed by atoms with E-state index in [1.165, 1.54) is 4.88 Å². The van der Waals surface area contributed by atoms with Gasteiger partial charge in [0.25, 0.3) is 0 Å². The second-order valence-electron chi connectivity index (χ2n) is 6.18. The summed E-state index contributed by atoms with van der Waals surface area (Å²) in [6.45, 7) is 8.94. The van der Waals surface area contributed by atoms with Gasteiger partial charge in [0.05, 0.1) is 12.3 Å². The predicted molar refractivity (Wildman–Crippen MR) is 88.6 cm³/mol. The molecule has 1 unspecified atom stereocenters. The first-order valence-corrected chi connectivity index (χ1v) is 9.35. The lowest BCUT2D eigenvalue weighted by Gasteiger charge is -2.37. The quantitative estimate of drug-likeness (QED) is 0.799. The molecule has 1 aliphatic heterocycles. The fourth-order valence-corrected chi connectivity index (χ4v) is 5.27. The molecule has 1 aromatic rings. The third-order valence-corrected chi connectivity index (χ3v) is 6.46. The Labute approximate surface area is 134 Å². The van der Waals surface area contributed by atoms with Gasteiger partial charge in [0.15, 0.2) is 5.13 Å². The molecule has 1 aromatic heterocycles. The summed E-state index contributed by atoms with van der Waals surface area (Å²) in [5.74, 6) is 0.887. The van der Waals surface area contributed by atoms with Gasteiger partial charge in [-0.05, 0) is 33.6 Å². The van der Waals surface area contributed by atoms with Crippen molar-refractivity contribution >= 4 is 34.2 Å². The number of thioether (sulfide) groups is 1. The van der Waals surface area contributed by atoms with Crippen molar-refractivity contribution in [1.29, 1.82) is 0 Å². The number of aryl methyl sites for hydroxylation is 1. The molecule has 0 amide bonds. The summed E-state index contributed by atoms with van der Waals surface area (Å²) in [6, 6.07) is 0. The molecule has 1 fully saturated rings. The van der Waals surface area contributed by atoms with Gasteiger partial charge in [-0.15, -0.1) is 11.3 Å². The molecular formula is C15H22N2O2S2. The average molecular weight is 326 g/mol. The lowest BCUT2D eigenvalue weighted by molar-refractivity contribution is -0.145. The average Bonchev–Trinajstić information content (AvgIpc) is 2.97. The highest BCUT2D eigenvalue weighted by atomic mass is 32.2. The van der Waals surface area contributed by atoms with E-state index in [1.807, 2.05) is 18.7 Å². The highest BCUT2D eigenvalue weighted by molar-refractivity contribution is 8.00. The van der Waals surface area contributed by atoms with Crippen molar-refractivity contribution in [1.82, 2.24) is 4.98 Å². The fraction of sp³-hybridized carbons (Fsp3) is 0.733. The van der Waals surface area contributed by atoms with Crippen molar-refractivity contribution in [2.75, 3.05) is 30.3 Å². The summed E-state index contributed by atoms with van der Waals surface area (Å²) in [5.41, 5.74) is 0.976. The van der Waals surface area contributed by atoms with Crippen LogP contribution in [0.25, 0.3) is 0 Å². The van der Waals surface area contributed by atoms with Crippen LogP contribution in [0.3, 0.4) is 0 Å². The van der Waals surface area contributed by atoms with E-state index in [0.717, 1.165) is 42.5 Å². The van der Waals surface area contributed by atoms with Crippen molar-refractivity contribution < 1.29 is 9.53 Å². The van der Waals surface area contributed by atoms with Crippen LogP contribution in [0.1, 0.15) is 43.7 Å². The number of thiazole rings is 1. The number of fused-ring (bicyclic) bond motifs is 1. The van der Waals surface area contributed by atoms with E-state index in [2.05, 4.69) is 18.7 Å². The predicted octanol–water partition coefficient (Wildman–Crippen LogP) is 3.07. The molecule has 1 aliphatic carbocycles. The van der Waals surface area contributed by atoms with Crippen molar-refractivity contribution in [2.24, 2.45) is 0 Å². The molecule has 4 nitrogen and oxygen atoms in total. The highest BCUT2D eigenvalue weighted by Crippen LogP contribution is 2.41. The van der Waals surface area contributed by atoms with Crippen molar-refractivity contribution in [3.05, 3.63) is 10.6 Å². The Morgan fingerprint density at radius 1 is 1.52 bits per heavy atom. The van der Waals surface area contributed by atoms with Gasteiger partial charge in [0.1, 0.15) is 5.92 Å². The maximum absolute atomic E-state index is 12.0. The zero-order chi connectivity index (χ0) is 15.0. The van der Waals surface area contributed by atoms with E-state index in [-0.39, 0.29) is 16.6 Å². The van der Waals surface area contributed by atoms with Gasteiger partial charge in [0, 0.05) is 28.5 Å². The summed E-state index contributed by atoms with van der Waals surface area (Å²) < 4.78 is 5.45. The molecule has 0 bridgehead atoms. The topological polar surface area (TPSA) is 42.4 Å². The van der Waals surface area contributed by atoms with Crippen LogP contribution >= 0.6 is 23.1 Å². The first-order chi connectivity index (χ1) is 10.00. The Balaban J connectivity index is 1.79. The number of rotatable bonds is 3. The molecule has 1 saturated heterocycles. The summed E-state index contributed by atoms with van der Waals surface area (Å²) in [6.07, 6.45) is 1.82. The summed E-state index contributed by atoms with van der Waals surface area (Å²) >= 11 is 3.79. The monoisotopic (exact) mass is 326 g/mol. The van der Waals surface area contributed by atoms with Crippen LogP contribution in [-0.2, 0) is 16.0 Å². The number of esters is 1. The molecular weight excluding hydrogens is 304 g/mol. The van der Waals surface area contributed by atoms with Gasteiger partial charge in [0.2, 0.25) is 0 Å². The highest BCUT2D eigenvalue weighted by Gasteiger charge is 2.35. The van der Waals surface area contributed by atoms with Crippen LogP contribution in [0.15, 0.2) is 0 Å². The van der Waals surface area contributed by atoms with Crippen LogP contribution in [-0.4, -0.2) is 41.1 Å². The molecule has 21 heavy (non-hydrogen) atoms. The summed E-state index contributed by atoms with van der Waals surface area (Å²) in [4.78, 5) is 20.5. The number of nitrogens with zero attached hydrogens (tertiary/aromatic N) is 2. The van der Waals surface area contributed by atoms with E-state index in [0.29, 0.717) is 6.61 Å². The number of ether oxygens (including phenoxy) is 1. The second kappa shape index (κ2) is 5.80. The first kappa shape index (κ1) is 15.2. The lowest BCUT2D eigenvalue weighted by Crippen LogP contribution is -2.43. The maximum atomic E-state index is 12.0. The third-order valence-electron chi connectivity index (χ3n) is 3.97. The van der Waals surface area contributed by atoms with Gasteiger partial charge in [-0.1, -0.05) is 0 Å². The SMILES string of the molecule is CCOC(=O)C1CCc2sc(N3CCSC(C)(C)C3)nc21. The number of anilines is 1. The minimum absolute atomic E-state index is 0.109. The molecule has 2 heterocycles. The summed E-state index contributed by atoms with van der Waals surface area (Å²) in [5, 5.41) is 1.09. The largest absolute Gasteiger partial charge is 0.465 e. The van der Waals surface area contributed by atoms with E-state index >= 15 is 0 Å². The Morgan fingerprint density at radius 2 is 2.33 bits per heavy atom. The first-order valence-electron chi connectivity index (χ1n) is 7.55. The van der Waals surface area contributed by atoms with Crippen molar-refractivity contribution in [3.63, 3.8) is 0 Å². The van der Waals surface area contributed by atoms with E-state index in [4.69, 9.17) is 9.72 Å². The zero-order valence-electron chi connectivity index (χ0n) is 12.8. The Morgan fingerprint density at radius 3 is 3.05 bits per heavy atom. The number of hydrogen-bond donors (Lipinski definition) is 0. The van der Waals surface area contributed by atoms with Gasteiger partial charge < -0.3 is 9.64 Å². The van der Waals surface area contributed by atoms with Crippen LogP contribution in [0, 0.1) is 0 Å². The Hall–Kier alpha value is -0.750. The van der Waals surface area contributed by atoms with E-state index in [1.54, 1.807) is 11.3 Å². The van der Waals surface area contributed by atoms with E-state index < -0.39 is 0 Å². The molecule has 6 heteroatoms. The smallest absolute Gasteiger partial charge is 0.315 e. The number of hydrogen-bond acceptors (Lipinski definition) is 6. The number of carbonyl (C=O) groups excluding carboxylic acids is 1. The molecule has 1 atom stereocenters. The normalized spacial score (nSPS) is 24.0. The molecule has 0 N–H and O–H groups in total. The minimum Gasteiger partial charge on any atom is -0.465 e. The molecule has 0 spiro atoms. The second-order valence-corrected chi connectivity index (χ2v) is 9.04. The molecule has 116 valence electrons. The van der Waals surface area contributed by atoms with Crippen LogP contribution < -0.4 is 4.90 Å². The Bertz CT molecular complexity index is 542. The van der Waals surface area contributed by atoms with Gasteiger partial charge in [-0.25, -0.2) is 4.98 Å². The lowest BCUT2D eigenvalue weighted by atomic mass is 10.1. The van der Waals surface area contributed by atoms with Crippen molar-refractivity contribution in [3.8, 4) is 0 Å². The number of aromatic nitrogens is 1. The minimum atomic E-state index is -0.142. The molecule has 0 aromatic carbocycles. The van der Waals surface area contributed by atoms with Crippen LogP contribution in [0.2, 0.25) is 0 Å². The molecule has 0 saturated carbocycles. The van der Waals surface area contributed by atoms with Crippen molar-refractivity contribution in [2.45, 2.75) is 44.3 Å².